The molecule has 2 aromatic rings. The van der Waals surface area contributed by atoms with Gasteiger partial charge in [-0.25, -0.2) is 0 Å². The highest BCUT2D eigenvalue weighted by molar-refractivity contribution is 5.24. The maximum atomic E-state index is 5.60. The average Bonchev–Trinajstić information content (AvgIpc) is 2.82. The lowest BCUT2D eigenvalue weighted by Crippen LogP contribution is -2.30. The molecule has 1 atom stereocenters. The van der Waals surface area contributed by atoms with Crippen LogP contribution in [0.1, 0.15) is 28.8 Å². The lowest BCUT2D eigenvalue weighted by atomic mass is 10.0. The molecule has 0 aliphatic rings. The second-order valence-corrected chi connectivity index (χ2v) is 4.03. The Morgan fingerprint density at radius 3 is 2.88 bits per heavy atom. The number of furan rings is 1. The van der Waals surface area contributed by atoms with E-state index in [0.29, 0.717) is 6.42 Å². The quantitative estimate of drug-likeness (QED) is 0.616. The van der Waals surface area contributed by atoms with Crippen LogP contribution in [0.2, 0.25) is 0 Å². The van der Waals surface area contributed by atoms with Crippen LogP contribution in [0, 0.1) is 13.8 Å². The number of hydrazine groups is 1. The van der Waals surface area contributed by atoms with Crippen molar-refractivity contribution in [2.45, 2.75) is 26.3 Å². The van der Waals surface area contributed by atoms with E-state index in [1.54, 1.807) is 6.26 Å². The maximum Gasteiger partial charge on any atom is 0.105 e. The van der Waals surface area contributed by atoms with Gasteiger partial charge in [-0.1, -0.05) is 0 Å². The fourth-order valence-electron chi connectivity index (χ4n) is 1.81. The van der Waals surface area contributed by atoms with E-state index in [4.69, 9.17) is 10.3 Å². The van der Waals surface area contributed by atoms with Gasteiger partial charge in [0.2, 0.25) is 0 Å². The first kappa shape index (κ1) is 11.8. The number of nitrogens with two attached hydrogens (primary N) is 1. The van der Waals surface area contributed by atoms with E-state index >= 15 is 0 Å². The van der Waals surface area contributed by atoms with Gasteiger partial charge in [0, 0.05) is 6.42 Å². The minimum Gasteiger partial charge on any atom is -0.469 e. The summed E-state index contributed by atoms with van der Waals surface area (Å²) in [7, 11) is 0. The number of aryl methyl sites for hydroxylation is 2. The van der Waals surface area contributed by atoms with Gasteiger partial charge in [-0.2, -0.15) is 10.2 Å². The van der Waals surface area contributed by atoms with Crippen molar-refractivity contribution in [1.29, 1.82) is 0 Å². The molecule has 5 heteroatoms. The van der Waals surface area contributed by atoms with Crippen molar-refractivity contribution in [3.8, 4) is 0 Å². The summed E-state index contributed by atoms with van der Waals surface area (Å²) in [6.45, 7) is 3.84. The first-order valence-corrected chi connectivity index (χ1v) is 5.50. The highest BCUT2D eigenvalue weighted by Crippen LogP contribution is 2.20. The highest BCUT2D eigenvalue weighted by Gasteiger charge is 2.15. The summed E-state index contributed by atoms with van der Waals surface area (Å²) in [5, 5.41) is 8.11. The fraction of sp³-hybridized carbons (Fsp3) is 0.333. The van der Waals surface area contributed by atoms with Crippen molar-refractivity contribution >= 4 is 0 Å². The molecule has 0 radical (unpaired) electrons. The first-order chi connectivity index (χ1) is 8.20. The Kier molecular flexibility index (Phi) is 3.51. The van der Waals surface area contributed by atoms with Crippen LogP contribution in [0.3, 0.4) is 0 Å². The molecular formula is C12H16N4O. The standard InChI is InChI=1S/C12H16N4O/c1-8-6-11(9(2)16-15-8)12(14-13)7-10-4-3-5-17-10/h3-6,12,14H,7,13H2,1-2H3. The first-order valence-electron chi connectivity index (χ1n) is 5.50. The molecule has 0 amide bonds. The zero-order chi connectivity index (χ0) is 12.3. The molecular weight excluding hydrogens is 216 g/mol. The third-order valence-electron chi connectivity index (χ3n) is 2.70. The summed E-state index contributed by atoms with van der Waals surface area (Å²) < 4.78 is 5.33. The maximum absolute atomic E-state index is 5.60. The van der Waals surface area contributed by atoms with E-state index in [0.717, 1.165) is 22.7 Å². The number of nitrogens with zero attached hydrogens (tertiary/aromatic N) is 2. The monoisotopic (exact) mass is 232 g/mol. The van der Waals surface area contributed by atoms with E-state index in [1.165, 1.54) is 0 Å². The van der Waals surface area contributed by atoms with E-state index in [-0.39, 0.29) is 6.04 Å². The number of nitrogens with one attached hydrogen (secondary N) is 1. The zero-order valence-corrected chi connectivity index (χ0v) is 9.97. The van der Waals surface area contributed by atoms with Gasteiger partial charge in [-0.3, -0.25) is 11.3 Å². The molecule has 90 valence electrons. The van der Waals surface area contributed by atoms with Gasteiger partial charge >= 0.3 is 0 Å². The van der Waals surface area contributed by atoms with Gasteiger partial charge in [0.1, 0.15) is 5.76 Å². The average molecular weight is 232 g/mol. The van der Waals surface area contributed by atoms with Gasteiger partial charge in [0.25, 0.3) is 0 Å². The van der Waals surface area contributed by atoms with Crippen LogP contribution < -0.4 is 11.3 Å². The smallest absolute Gasteiger partial charge is 0.105 e. The minimum atomic E-state index is -0.0182. The molecule has 1 unspecified atom stereocenters. The normalized spacial score (nSPS) is 12.6. The molecule has 5 nitrogen and oxygen atoms in total. The molecule has 2 aromatic heterocycles. The Labute approximate surface area is 100 Å². The van der Waals surface area contributed by atoms with Crippen LogP contribution in [-0.4, -0.2) is 10.2 Å². The van der Waals surface area contributed by atoms with Gasteiger partial charge in [0.15, 0.2) is 0 Å². The molecule has 0 aliphatic heterocycles. The summed E-state index contributed by atoms with van der Waals surface area (Å²) in [5.41, 5.74) is 5.61. The summed E-state index contributed by atoms with van der Waals surface area (Å²) in [5.74, 6) is 6.49. The fourth-order valence-corrected chi connectivity index (χ4v) is 1.81. The topological polar surface area (TPSA) is 77.0 Å². The molecule has 0 spiro atoms. The van der Waals surface area contributed by atoms with Gasteiger partial charge < -0.3 is 4.42 Å². The van der Waals surface area contributed by atoms with Crippen LogP contribution >= 0.6 is 0 Å². The second kappa shape index (κ2) is 5.07. The van der Waals surface area contributed by atoms with Crippen LogP contribution in [-0.2, 0) is 6.42 Å². The number of aromatic nitrogens is 2. The van der Waals surface area contributed by atoms with Crippen molar-refractivity contribution in [3.05, 3.63) is 47.2 Å². The minimum absolute atomic E-state index is 0.0182. The Hall–Kier alpha value is -1.72. The van der Waals surface area contributed by atoms with E-state index in [1.807, 2.05) is 32.0 Å². The molecule has 0 saturated heterocycles. The predicted octanol–water partition coefficient (Wildman–Crippen LogP) is 1.43. The lowest BCUT2D eigenvalue weighted by Gasteiger charge is -2.16. The van der Waals surface area contributed by atoms with Gasteiger partial charge in [0.05, 0.1) is 23.7 Å². The third-order valence-corrected chi connectivity index (χ3v) is 2.70. The van der Waals surface area contributed by atoms with E-state index < -0.39 is 0 Å². The molecule has 0 fully saturated rings. The van der Waals surface area contributed by atoms with E-state index in [9.17, 15) is 0 Å². The van der Waals surface area contributed by atoms with Gasteiger partial charge in [-0.05, 0) is 37.6 Å². The van der Waals surface area contributed by atoms with Crippen molar-refractivity contribution in [1.82, 2.24) is 15.6 Å². The summed E-state index contributed by atoms with van der Waals surface area (Å²) in [6, 6.07) is 5.78. The summed E-state index contributed by atoms with van der Waals surface area (Å²) in [4.78, 5) is 0. The number of hydrogen-bond donors (Lipinski definition) is 2. The molecule has 2 rings (SSSR count). The van der Waals surface area contributed by atoms with Crippen LogP contribution in [0.15, 0.2) is 28.9 Å². The predicted molar refractivity (Wildman–Crippen MR) is 64.0 cm³/mol. The van der Waals surface area contributed by atoms with Crippen molar-refractivity contribution in [2.75, 3.05) is 0 Å². The van der Waals surface area contributed by atoms with Crippen molar-refractivity contribution in [2.24, 2.45) is 5.84 Å². The molecule has 0 saturated carbocycles. The summed E-state index contributed by atoms with van der Waals surface area (Å²) >= 11 is 0. The molecule has 0 aromatic carbocycles. The Balaban J connectivity index is 2.25. The Morgan fingerprint density at radius 1 is 1.41 bits per heavy atom. The second-order valence-electron chi connectivity index (χ2n) is 4.03. The molecule has 0 bridgehead atoms. The van der Waals surface area contributed by atoms with Crippen LogP contribution in [0.25, 0.3) is 0 Å². The SMILES string of the molecule is Cc1cc(C(Cc2ccco2)NN)c(C)nn1. The van der Waals surface area contributed by atoms with Crippen LogP contribution in [0.5, 0.6) is 0 Å². The number of hydrogen-bond acceptors (Lipinski definition) is 5. The molecule has 0 aliphatic carbocycles. The Morgan fingerprint density at radius 2 is 2.24 bits per heavy atom. The summed E-state index contributed by atoms with van der Waals surface area (Å²) in [6.07, 6.45) is 2.35. The van der Waals surface area contributed by atoms with Crippen molar-refractivity contribution in [3.63, 3.8) is 0 Å². The Bertz CT molecular complexity index is 481. The molecule has 17 heavy (non-hydrogen) atoms. The van der Waals surface area contributed by atoms with Crippen molar-refractivity contribution < 1.29 is 4.42 Å². The van der Waals surface area contributed by atoms with Gasteiger partial charge in [-0.15, -0.1) is 0 Å². The largest absolute Gasteiger partial charge is 0.469 e. The lowest BCUT2D eigenvalue weighted by molar-refractivity contribution is 0.452. The number of rotatable bonds is 4. The third kappa shape index (κ3) is 2.69. The zero-order valence-electron chi connectivity index (χ0n) is 9.97. The van der Waals surface area contributed by atoms with E-state index in [2.05, 4.69) is 15.6 Å². The highest BCUT2D eigenvalue weighted by atomic mass is 16.3. The molecule has 3 N–H and O–H groups in total. The molecule has 2 heterocycles. The van der Waals surface area contributed by atoms with Crippen LogP contribution in [0.4, 0.5) is 0 Å².